The van der Waals surface area contributed by atoms with Gasteiger partial charge in [0.2, 0.25) is 5.91 Å². The van der Waals surface area contributed by atoms with Crippen LogP contribution in [0, 0.1) is 5.92 Å². The SMILES string of the molecule is O=C1CC2CC(OC(F)(F)F)=CC=C2N1. The standard InChI is InChI=1S/C9H8F3NO2/c10-9(11,12)15-6-1-2-7-5(3-6)4-8(14)13-7/h1-2,5H,3-4H2,(H,13,14). The molecule has 82 valence electrons. The van der Waals surface area contributed by atoms with Gasteiger partial charge in [0.15, 0.2) is 0 Å². The van der Waals surface area contributed by atoms with Gasteiger partial charge >= 0.3 is 6.36 Å². The first kappa shape index (κ1) is 10.1. The molecule has 2 rings (SSSR count). The van der Waals surface area contributed by atoms with Crippen molar-refractivity contribution in [1.82, 2.24) is 5.32 Å². The number of carbonyl (C=O) groups excluding carboxylic acids is 1. The van der Waals surface area contributed by atoms with E-state index in [1.165, 1.54) is 12.2 Å². The summed E-state index contributed by atoms with van der Waals surface area (Å²) < 4.78 is 39.5. The van der Waals surface area contributed by atoms with Crippen LogP contribution >= 0.6 is 0 Å². The van der Waals surface area contributed by atoms with Crippen LogP contribution in [0.5, 0.6) is 0 Å². The van der Waals surface area contributed by atoms with E-state index in [4.69, 9.17) is 0 Å². The predicted octanol–water partition coefficient (Wildman–Crippen LogP) is 1.83. The molecule has 1 fully saturated rings. The second-order valence-corrected chi connectivity index (χ2v) is 3.46. The molecule has 1 saturated heterocycles. The van der Waals surface area contributed by atoms with Crippen LogP contribution in [0.15, 0.2) is 23.6 Å². The van der Waals surface area contributed by atoms with Gasteiger partial charge in [-0.15, -0.1) is 13.2 Å². The maximum Gasteiger partial charge on any atom is 0.572 e. The molecule has 0 aromatic carbocycles. The number of alkyl halides is 3. The number of fused-ring (bicyclic) bond motifs is 1. The van der Waals surface area contributed by atoms with E-state index >= 15 is 0 Å². The molecule has 1 unspecified atom stereocenters. The van der Waals surface area contributed by atoms with Gasteiger partial charge in [-0.2, -0.15) is 0 Å². The molecular weight excluding hydrogens is 211 g/mol. The number of halogens is 3. The zero-order valence-electron chi connectivity index (χ0n) is 7.60. The number of hydrogen-bond acceptors (Lipinski definition) is 2. The topological polar surface area (TPSA) is 38.3 Å². The third kappa shape index (κ3) is 2.31. The van der Waals surface area contributed by atoms with Gasteiger partial charge in [0, 0.05) is 24.5 Å². The molecule has 0 spiro atoms. The second kappa shape index (κ2) is 3.29. The normalized spacial score (nSPS) is 25.3. The van der Waals surface area contributed by atoms with Crippen molar-refractivity contribution in [2.75, 3.05) is 0 Å². The van der Waals surface area contributed by atoms with Crippen molar-refractivity contribution in [2.24, 2.45) is 5.92 Å². The third-order valence-corrected chi connectivity index (χ3v) is 2.30. The predicted molar refractivity (Wildman–Crippen MR) is 44.2 cm³/mol. The van der Waals surface area contributed by atoms with Crippen LogP contribution < -0.4 is 5.32 Å². The first-order chi connectivity index (χ1) is 6.94. The van der Waals surface area contributed by atoms with Crippen molar-refractivity contribution in [3.05, 3.63) is 23.6 Å². The van der Waals surface area contributed by atoms with Crippen molar-refractivity contribution < 1.29 is 22.7 Å². The molecule has 0 saturated carbocycles. The molecular formula is C9H8F3NO2. The summed E-state index contributed by atoms with van der Waals surface area (Å²) in [6.07, 6.45) is -1.62. The molecule has 0 aromatic heterocycles. The van der Waals surface area contributed by atoms with Gasteiger partial charge in [-0.05, 0) is 12.2 Å². The summed E-state index contributed by atoms with van der Waals surface area (Å²) >= 11 is 0. The zero-order valence-corrected chi connectivity index (χ0v) is 7.60. The molecule has 1 atom stereocenters. The van der Waals surface area contributed by atoms with Crippen LogP contribution in [0.25, 0.3) is 0 Å². The number of amides is 1. The largest absolute Gasteiger partial charge is 0.572 e. The number of allylic oxidation sites excluding steroid dienone is 4. The monoisotopic (exact) mass is 219 g/mol. The quantitative estimate of drug-likeness (QED) is 0.730. The van der Waals surface area contributed by atoms with Gasteiger partial charge in [-0.3, -0.25) is 4.79 Å². The second-order valence-electron chi connectivity index (χ2n) is 3.46. The summed E-state index contributed by atoms with van der Waals surface area (Å²) in [5.74, 6) is -0.500. The van der Waals surface area contributed by atoms with Crippen molar-refractivity contribution in [3.8, 4) is 0 Å². The summed E-state index contributed by atoms with van der Waals surface area (Å²) in [6.45, 7) is 0. The van der Waals surface area contributed by atoms with E-state index in [-0.39, 0.29) is 30.4 Å². The van der Waals surface area contributed by atoms with Crippen LogP contribution in [0.3, 0.4) is 0 Å². The van der Waals surface area contributed by atoms with Crippen molar-refractivity contribution >= 4 is 5.91 Å². The highest BCUT2D eigenvalue weighted by Crippen LogP contribution is 2.33. The average molecular weight is 219 g/mol. The molecule has 15 heavy (non-hydrogen) atoms. The maximum absolute atomic E-state index is 11.9. The number of carbonyl (C=O) groups is 1. The molecule has 2 aliphatic rings. The van der Waals surface area contributed by atoms with Gasteiger partial charge in [0.25, 0.3) is 0 Å². The molecule has 6 heteroatoms. The Morgan fingerprint density at radius 3 is 2.73 bits per heavy atom. The lowest BCUT2D eigenvalue weighted by atomic mass is 9.96. The molecule has 1 N–H and O–H groups in total. The molecule has 0 aromatic rings. The number of ether oxygens (including phenoxy) is 1. The van der Waals surface area contributed by atoms with Crippen molar-refractivity contribution in [3.63, 3.8) is 0 Å². The van der Waals surface area contributed by atoms with E-state index in [1.807, 2.05) is 0 Å². The Morgan fingerprint density at radius 2 is 2.07 bits per heavy atom. The fraction of sp³-hybridized carbons (Fsp3) is 0.444. The molecule has 1 amide bonds. The average Bonchev–Trinajstić information content (AvgIpc) is 2.40. The fourth-order valence-electron chi connectivity index (χ4n) is 1.73. The lowest BCUT2D eigenvalue weighted by molar-refractivity contribution is -0.306. The van der Waals surface area contributed by atoms with E-state index < -0.39 is 6.36 Å². The molecule has 1 heterocycles. The minimum atomic E-state index is -4.66. The summed E-state index contributed by atoms with van der Waals surface area (Å²) in [6, 6.07) is 0. The molecule has 0 bridgehead atoms. The van der Waals surface area contributed by atoms with Crippen LogP contribution in [-0.2, 0) is 9.53 Å². The van der Waals surface area contributed by atoms with E-state index in [9.17, 15) is 18.0 Å². The lowest BCUT2D eigenvalue weighted by Crippen LogP contribution is -2.18. The van der Waals surface area contributed by atoms with Gasteiger partial charge < -0.3 is 10.1 Å². The van der Waals surface area contributed by atoms with E-state index in [0.717, 1.165) is 0 Å². The Kier molecular flexibility index (Phi) is 2.21. The minimum Gasteiger partial charge on any atom is -0.410 e. The molecule has 3 nitrogen and oxygen atoms in total. The van der Waals surface area contributed by atoms with E-state index in [0.29, 0.717) is 5.70 Å². The zero-order chi connectivity index (χ0) is 11.1. The van der Waals surface area contributed by atoms with E-state index in [1.54, 1.807) is 0 Å². The van der Waals surface area contributed by atoms with Crippen molar-refractivity contribution in [1.29, 1.82) is 0 Å². The van der Waals surface area contributed by atoms with Gasteiger partial charge in [-0.1, -0.05) is 0 Å². The minimum absolute atomic E-state index is 0.115. The third-order valence-electron chi connectivity index (χ3n) is 2.30. The first-order valence-corrected chi connectivity index (χ1v) is 4.40. The number of hydrogen-bond donors (Lipinski definition) is 1. The molecule has 1 aliphatic carbocycles. The van der Waals surface area contributed by atoms with Crippen LogP contribution in [0.4, 0.5) is 13.2 Å². The summed E-state index contributed by atoms with van der Waals surface area (Å²) in [7, 11) is 0. The number of nitrogens with one attached hydrogen (secondary N) is 1. The van der Waals surface area contributed by atoms with Crippen molar-refractivity contribution in [2.45, 2.75) is 19.2 Å². The van der Waals surface area contributed by atoms with E-state index in [2.05, 4.69) is 10.1 Å². The molecule has 0 radical (unpaired) electrons. The maximum atomic E-state index is 11.9. The summed E-state index contributed by atoms with van der Waals surface area (Å²) in [5.41, 5.74) is 0.675. The highest BCUT2D eigenvalue weighted by molar-refractivity contribution is 5.82. The van der Waals surface area contributed by atoms with Gasteiger partial charge in [0.05, 0.1) is 0 Å². The Balaban J connectivity index is 2.06. The van der Waals surface area contributed by atoms with Gasteiger partial charge in [0.1, 0.15) is 5.76 Å². The first-order valence-electron chi connectivity index (χ1n) is 4.40. The van der Waals surface area contributed by atoms with Crippen LogP contribution in [0.1, 0.15) is 12.8 Å². The molecule has 1 aliphatic heterocycles. The Labute approximate surface area is 83.6 Å². The Hall–Kier alpha value is -1.46. The van der Waals surface area contributed by atoms with Crippen LogP contribution in [0.2, 0.25) is 0 Å². The summed E-state index contributed by atoms with van der Waals surface area (Å²) in [5, 5.41) is 2.58. The Morgan fingerprint density at radius 1 is 1.33 bits per heavy atom. The summed E-state index contributed by atoms with van der Waals surface area (Å²) in [4.78, 5) is 11.0. The van der Waals surface area contributed by atoms with Gasteiger partial charge in [-0.25, -0.2) is 0 Å². The fourth-order valence-corrected chi connectivity index (χ4v) is 1.73. The Bertz CT molecular complexity index is 357. The highest BCUT2D eigenvalue weighted by Gasteiger charge is 2.36. The lowest BCUT2D eigenvalue weighted by Gasteiger charge is -2.19. The van der Waals surface area contributed by atoms with Crippen LogP contribution in [-0.4, -0.2) is 12.3 Å². The smallest absolute Gasteiger partial charge is 0.410 e. The highest BCUT2D eigenvalue weighted by atomic mass is 19.4. The number of rotatable bonds is 1.